The Morgan fingerprint density at radius 3 is 2.70 bits per heavy atom. The molecule has 5 heterocycles. The molecule has 3 fully saturated rings. The molecule has 0 unspecified atom stereocenters. The molecule has 3 amide bonds. The van der Waals surface area contributed by atoms with Crippen LogP contribution in [0.25, 0.3) is 10.1 Å². The SMILES string of the molecule is COc1cc(F)ncc1C1CN(C(=O)[C@@H]2CC[C@@H]3CCC[C@H](NC(=O)c4cc5cc(CP(=O)(O)O)ccc5s4)C(=O)N32)C1. The Hall–Kier alpha value is -3.38. The fourth-order valence-electron chi connectivity index (χ4n) is 6.48. The summed E-state index contributed by atoms with van der Waals surface area (Å²) in [6, 6.07) is 6.50. The van der Waals surface area contributed by atoms with Crippen LogP contribution in [0.5, 0.6) is 5.75 Å². The van der Waals surface area contributed by atoms with Crippen molar-refractivity contribution in [1.29, 1.82) is 0 Å². The second kappa shape index (κ2) is 11.6. The van der Waals surface area contributed by atoms with Gasteiger partial charge >= 0.3 is 7.60 Å². The molecule has 1 aromatic carbocycles. The van der Waals surface area contributed by atoms with Crippen LogP contribution >= 0.6 is 18.9 Å². The maximum absolute atomic E-state index is 13.8. The van der Waals surface area contributed by atoms with E-state index in [9.17, 15) is 33.1 Å². The molecule has 0 spiro atoms. The minimum Gasteiger partial charge on any atom is -0.496 e. The molecular formula is C29H32FN4O7PS. The first-order valence-electron chi connectivity index (χ1n) is 14.2. The van der Waals surface area contributed by atoms with Crippen molar-refractivity contribution in [3.63, 3.8) is 0 Å². The number of aromatic nitrogens is 1. The van der Waals surface area contributed by atoms with E-state index in [2.05, 4.69) is 10.3 Å². The average Bonchev–Trinajstić information content (AvgIpc) is 3.51. The van der Waals surface area contributed by atoms with Crippen molar-refractivity contribution in [2.75, 3.05) is 20.2 Å². The van der Waals surface area contributed by atoms with Gasteiger partial charge in [-0.05, 0) is 61.3 Å². The van der Waals surface area contributed by atoms with Gasteiger partial charge in [-0.1, -0.05) is 6.07 Å². The van der Waals surface area contributed by atoms with Gasteiger partial charge in [0.25, 0.3) is 5.91 Å². The summed E-state index contributed by atoms with van der Waals surface area (Å²) in [5.41, 5.74) is 1.22. The van der Waals surface area contributed by atoms with Crippen LogP contribution in [0.2, 0.25) is 0 Å². The normalized spacial score (nSPS) is 22.7. The number of nitrogens with one attached hydrogen (secondary N) is 1. The van der Waals surface area contributed by atoms with Gasteiger partial charge in [-0.15, -0.1) is 11.3 Å². The number of ether oxygens (including phenoxy) is 1. The first-order chi connectivity index (χ1) is 20.5. The summed E-state index contributed by atoms with van der Waals surface area (Å²) in [7, 11) is -2.76. The Morgan fingerprint density at radius 2 is 1.95 bits per heavy atom. The maximum Gasteiger partial charge on any atom is 0.329 e. The lowest BCUT2D eigenvalue weighted by Gasteiger charge is -2.42. The zero-order valence-corrected chi connectivity index (χ0v) is 25.2. The molecule has 11 nitrogen and oxygen atoms in total. The zero-order chi connectivity index (χ0) is 30.5. The molecule has 3 N–H and O–H groups in total. The number of hydrogen-bond acceptors (Lipinski definition) is 7. The van der Waals surface area contributed by atoms with E-state index in [4.69, 9.17) is 4.74 Å². The number of benzene rings is 1. The van der Waals surface area contributed by atoms with Crippen LogP contribution in [0, 0.1) is 5.95 Å². The lowest BCUT2D eigenvalue weighted by molar-refractivity contribution is -0.148. The Bertz CT molecular complexity index is 1640. The summed E-state index contributed by atoms with van der Waals surface area (Å²) in [6.45, 7) is 0.849. The number of nitrogens with zero attached hydrogens (tertiary/aromatic N) is 3. The fraction of sp³-hybridized carbons (Fsp3) is 0.448. The molecule has 14 heteroatoms. The molecule has 6 rings (SSSR count). The highest BCUT2D eigenvalue weighted by molar-refractivity contribution is 7.50. The van der Waals surface area contributed by atoms with Gasteiger partial charge in [0.05, 0.1) is 18.1 Å². The van der Waals surface area contributed by atoms with Crippen LogP contribution in [0.15, 0.2) is 36.5 Å². The fourth-order valence-corrected chi connectivity index (χ4v) is 8.10. The van der Waals surface area contributed by atoms with Crippen molar-refractivity contribution >= 4 is 46.7 Å². The molecular weight excluding hydrogens is 598 g/mol. The monoisotopic (exact) mass is 630 g/mol. The van der Waals surface area contributed by atoms with Crippen LogP contribution in [0.4, 0.5) is 4.39 Å². The van der Waals surface area contributed by atoms with Gasteiger partial charge in [-0.2, -0.15) is 4.39 Å². The molecule has 43 heavy (non-hydrogen) atoms. The summed E-state index contributed by atoms with van der Waals surface area (Å²) < 4.78 is 31.0. The van der Waals surface area contributed by atoms with E-state index in [1.165, 1.54) is 30.7 Å². The smallest absolute Gasteiger partial charge is 0.329 e. The van der Waals surface area contributed by atoms with Crippen molar-refractivity contribution < 1.29 is 37.9 Å². The molecule has 3 aliphatic heterocycles. The highest BCUT2D eigenvalue weighted by Gasteiger charge is 2.47. The Labute approximate surface area is 251 Å². The van der Waals surface area contributed by atoms with Crippen LogP contribution < -0.4 is 10.1 Å². The minimum atomic E-state index is -4.23. The Balaban J connectivity index is 1.12. The van der Waals surface area contributed by atoms with Crippen LogP contribution in [-0.2, 0) is 20.3 Å². The second-order valence-corrected chi connectivity index (χ2v) is 14.2. The molecule has 2 aromatic heterocycles. The van der Waals surface area contributed by atoms with E-state index >= 15 is 0 Å². The van der Waals surface area contributed by atoms with Crippen LogP contribution in [0.3, 0.4) is 0 Å². The molecule has 0 bridgehead atoms. The van der Waals surface area contributed by atoms with Gasteiger partial charge in [0.2, 0.25) is 17.8 Å². The Morgan fingerprint density at radius 1 is 1.16 bits per heavy atom. The molecule has 0 radical (unpaired) electrons. The standard InChI is InChI=1S/C29H32FN4O7PS/c1-41-23-11-26(30)31-12-20(23)18-13-33(14-18)29(37)22-7-6-19-3-2-4-21(28(36)34(19)22)32-27(35)25-10-17-9-16(15-42(38,39)40)5-8-24(17)43-25/h5,8-12,18-19,21-22H,2-4,6-7,13-15H2,1H3,(H,32,35)(H2,38,39,40)/t19-,21-,22-/m0/s1. The first kappa shape index (κ1) is 29.7. The number of carbonyl (C=O) groups excluding carboxylic acids is 3. The quantitative estimate of drug-likeness (QED) is 0.266. The van der Waals surface area contributed by atoms with E-state index in [0.29, 0.717) is 47.5 Å². The number of carbonyl (C=O) groups is 3. The second-order valence-electron chi connectivity index (χ2n) is 11.4. The summed E-state index contributed by atoms with van der Waals surface area (Å²) >= 11 is 1.24. The number of halogens is 1. The minimum absolute atomic E-state index is 0.0368. The predicted molar refractivity (Wildman–Crippen MR) is 156 cm³/mol. The van der Waals surface area contributed by atoms with Gasteiger partial charge in [-0.25, -0.2) is 4.98 Å². The third kappa shape index (κ3) is 6.04. The number of fused-ring (bicyclic) bond motifs is 2. The van der Waals surface area contributed by atoms with E-state index in [1.54, 1.807) is 34.1 Å². The number of thiophene rings is 1. The van der Waals surface area contributed by atoms with Gasteiger partial charge in [0.1, 0.15) is 17.8 Å². The molecule has 0 aliphatic carbocycles. The first-order valence-corrected chi connectivity index (χ1v) is 16.8. The van der Waals surface area contributed by atoms with Crippen molar-refractivity contribution in [1.82, 2.24) is 20.1 Å². The van der Waals surface area contributed by atoms with Crippen molar-refractivity contribution in [3.05, 3.63) is 58.5 Å². The highest BCUT2D eigenvalue weighted by Crippen LogP contribution is 2.40. The topological polar surface area (TPSA) is 149 Å². The highest BCUT2D eigenvalue weighted by atomic mass is 32.1. The van der Waals surface area contributed by atoms with E-state index in [0.717, 1.165) is 29.5 Å². The number of amides is 3. The third-order valence-electron chi connectivity index (χ3n) is 8.58. The lowest BCUT2D eigenvalue weighted by atomic mass is 9.91. The molecule has 228 valence electrons. The average molecular weight is 631 g/mol. The lowest BCUT2D eigenvalue weighted by Crippen LogP contribution is -2.58. The van der Waals surface area contributed by atoms with Crippen molar-refractivity contribution in [3.8, 4) is 5.75 Å². The van der Waals surface area contributed by atoms with E-state index in [1.807, 2.05) is 0 Å². The Kier molecular flexibility index (Phi) is 8.01. The van der Waals surface area contributed by atoms with Gasteiger partial charge in [0, 0.05) is 47.6 Å². The molecule has 3 aliphatic rings. The number of likely N-dealkylation sites (tertiary alicyclic amines) is 1. The van der Waals surface area contributed by atoms with E-state index < -0.39 is 31.5 Å². The molecule has 3 saturated heterocycles. The van der Waals surface area contributed by atoms with E-state index in [-0.39, 0.29) is 29.9 Å². The molecule has 3 aromatic rings. The summed E-state index contributed by atoms with van der Waals surface area (Å²) in [5.74, 6) is -1.05. The largest absolute Gasteiger partial charge is 0.496 e. The summed E-state index contributed by atoms with van der Waals surface area (Å²) in [4.78, 5) is 66.7. The predicted octanol–water partition coefficient (Wildman–Crippen LogP) is 3.39. The number of rotatable bonds is 7. The molecule has 0 saturated carbocycles. The van der Waals surface area contributed by atoms with Crippen LogP contribution in [-0.4, -0.2) is 80.6 Å². The van der Waals surface area contributed by atoms with Gasteiger partial charge < -0.3 is 29.6 Å². The maximum atomic E-state index is 13.8. The number of methoxy groups -OCH3 is 1. The third-order valence-corrected chi connectivity index (χ3v) is 10.5. The van der Waals surface area contributed by atoms with Gasteiger partial charge in [-0.3, -0.25) is 18.9 Å². The molecule has 3 atom stereocenters. The number of pyridine rings is 1. The summed E-state index contributed by atoms with van der Waals surface area (Å²) in [6.07, 6.45) is 4.31. The van der Waals surface area contributed by atoms with Crippen LogP contribution in [0.1, 0.15) is 58.8 Å². The zero-order valence-electron chi connectivity index (χ0n) is 23.4. The van der Waals surface area contributed by atoms with Crippen molar-refractivity contribution in [2.24, 2.45) is 0 Å². The summed E-state index contributed by atoms with van der Waals surface area (Å²) in [5, 5.41) is 3.59. The number of hydrogen-bond donors (Lipinski definition) is 3. The van der Waals surface area contributed by atoms with Gasteiger partial charge in [0.15, 0.2) is 0 Å². The van der Waals surface area contributed by atoms with Crippen molar-refractivity contribution in [2.45, 2.75) is 62.3 Å².